The molecule has 0 aliphatic carbocycles. The van der Waals surface area contributed by atoms with Crippen molar-refractivity contribution < 1.29 is 46.9 Å². The highest BCUT2D eigenvalue weighted by Crippen LogP contribution is 2.48. The number of rotatable bonds is 11. The largest absolute Gasteiger partial charge is 0.463 e. The van der Waals surface area contributed by atoms with Crippen molar-refractivity contribution >= 4 is 42.6 Å². The molecule has 1 saturated heterocycles. The highest BCUT2D eigenvalue weighted by atomic mass is 31.2. The number of esters is 3. The Labute approximate surface area is 206 Å². The van der Waals surface area contributed by atoms with Gasteiger partial charge in [-0.1, -0.05) is 0 Å². The lowest BCUT2D eigenvalue weighted by Crippen LogP contribution is -2.40. The smallest absolute Gasteiger partial charge is 0.433 e. The maximum atomic E-state index is 13.0. The zero-order valence-corrected chi connectivity index (χ0v) is 21.3. The van der Waals surface area contributed by atoms with Crippen molar-refractivity contribution in [1.82, 2.24) is 19.5 Å². The van der Waals surface area contributed by atoms with Gasteiger partial charge in [0.05, 0.1) is 19.5 Å². The summed E-state index contributed by atoms with van der Waals surface area (Å²) in [5, 5.41) is 2.66. The minimum absolute atomic E-state index is 0.0685. The van der Waals surface area contributed by atoms with Crippen LogP contribution in [0.5, 0.6) is 0 Å². The van der Waals surface area contributed by atoms with E-state index in [0.717, 1.165) is 0 Å². The summed E-state index contributed by atoms with van der Waals surface area (Å²) in [6.07, 6.45) is -1.72. The Hall–Kier alpha value is -3.13. The summed E-state index contributed by atoms with van der Waals surface area (Å²) >= 11 is 0. The summed E-state index contributed by atoms with van der Waals surface area (Å²) in [7, 11) is -3.74. The number of ether oxygens (including phenoxy) is 4. The van der Waals surface area contributed by atoms with E-state index in [4.69, 9.17) is 28.0 Å². The Kier molecular flexibility index (Phi) is 8.95. The molecule has 1 N–H and O–H groups in total. The van der Waals surface area contributed by atoms with E-state index >= 15 is 0 Å². The van der Waals surface area contributed by atoms with Gasteiger partial charge in [-0.15, -0.1) is 0 Å². The number of nitrogens with zero attached hydrogens (tertiary/aromatic N) is 4. The first-order valence-electron chi connectivity index (χ1n) is 11.1. The van der Waals surface area contributed by atoms with E-state index in [1.807, 2.05) is 0 Å². The molecule has 198 valence electrons. The lowest BCUT2D eigenvalue weighted by Gasteiger charge is -2.23. The van der Waals surface area contributed by atoms with E-state index in [2.05, 4.69) is 20.0 Å². The molecule has 1 aliphatic rings. The quantitative estimate of drug-likeness (QED) is 0.253. The third-order valence-electron chi connectivity index (χ3n) is 4.81. The number of carbonyl (C=O) groups is 3. The van der Waals surface area contributed by atoms with Crippen molar-refractivity contribution in [2.24, 2.45) is 0 Å². The topological polar surface area (TPSA) is 179 Å². The second-order valence-corrected chi connectivity index (χ2v) is 9.24. The van der Waals surface area contributed by atoms with Crippen LogP contribution in [0.2, 0.25) is 0 Å². The Morgan fingerprint density at radius 1 is 1.00 bits per heavy atom. The van der Waals surface area contributed by atoms with Gasteiger partial charge >= 0.3 is 25.7 Å². The van der Waals surface area contributed by atoms with Crippen LogP contribution in [0.15, 0.2) is 12.7 Å². The van der Waals surface area contributed by atoms with Crippen LogP contribution >= 0.6 is 7.75 Å². The molecule has 3 rings (SSSR count). The van der Waals surface area contributed by atoms with Gasteiger partial charge < -0.3 is 18.9 Å². The third kappa shape index (κ3) is 6.35. The van der Waals surface area contributed by atoms with Gasteiger partial charge in [0.1, 0.15) is 19.0 Å². The summed E-state index contributed by atoms with van der Waals surface area (Å²) in [6, 6.07) is 0. The number of aromatic nitrogens is 4. The fraction of sp³-hybridized carbons (Fsp3) is 0.600. The minimum atomic E-state index is -3.74. The monoisotopic (exact) mass is 529 g/mol. The molecule has 0 unspecified atom stereocenters. The van der Waals surface area contributed by atoms with Gasteiger partial charge in [0, 0.05) is 20.8 Å². The van der Waals surface area contributed by atoms with Crippen molar-refractivity contribution in [2.45, 2.75) is 59.2 Å². The molecular weight excluding hydrogens is 501 g/mol. The number of anilines is 1. The van der Waals surface area contributed by atoms with E-state index in [-0.39, 0.29) is 36.8 Å². The molecule has 0 radical (unpaired) electrons. The molecule has 2 aromatic rings. The van der Waals surface area contributed by atoms with Crippen LogP contribution in [0.3, 0.4) is 0 Å². The van der Waals surface area contributed by atoms with Crippen molar-refractivity contribution in [3.8, 4) is 0 Å². The van der Waals surface area contributed by atoms with Crippen LogP contribution in [-0.4, -0.2) is 75.6 Å². The molecule has 0 bridgehead atoms. The minimum Gasteiger partial charge on any atom is -0.463 e. The van der Waals surface area contributed by atoms with Gasteiger partial charge in [-0.3, -0.25) is 33.1 Å². The first-order valence-corrected chi connectivity index (χ1v) is 12.6. The molecule has 2 aromatic heterocycles. The number of fused-ring (bicyclic) bond motifs is 1. The molecule has 0 saturated carbocycles. The first-order chi connectivity index (χ1) is 17.1. The molecular formula is C20H28N5O10P. The van der Waals surface area contributed by atoms with Gasteiger partial charge in [0.25, 0.3) is 0 Å². The summed E-state index contributed by atoms with van der Waals surface area (Å²) < 4.78 is 46.8. The van der Waals surface area contributed by atoms with E-state index in [9.17, 15) is 18.9 Å². The van der Waals surface area contributed by atoms with E-state index in [0.29, 0.717) is 0 Å². The number of hydrogen-bond acceptors (Lipinski definition) is 13. The van der Waals surface area contributed by atoms with Gasteiger partial charge in [-0.25, -0.2) is 19.5 Å². The fourth-order valence-corrected chi connectivity index (χ4v) is 4.91. The van der Waals surface area contributed by atoms with Crippen LogP contribution < -0.4 is 5.09 Å². The van der Waals surface area contributed by atoms with Crippen molar-refractivity contribution in [3.63, 3.8) is 0 Å². The highest BCUT2D eigenvalue weighted by molar-refractivity contribution is 7.55. The van der Waals surface area contributed by atoms with Gasteiger partial charge in [-0.2, -0.15) is 0 Å². The molecule has 0 spiro atoms. The van der Waals surface area contributed by atoms with Gasteiger partial charge in [0.15, 0.2) is 35.4 Å². The van der Waals surface area contributed by atoms with Gasteiger partial charge in [-0.05, 0) is 13.8 Å². The third-order valence-corrected chi connectivity index (χ3v) is 6.50. The summed E-state index contributed by atoms with van der Waals surface area (Å²) in [5.41, 5.74) is 0.402. The SMILES string of the molecule is CCOP(=O)(Nc1ncnc2c1ncn2[C@@H]1O[C@H](COC(C)=O)[C@@H](OC(C)=O)[C@H]1OC(C)=O)OCC. The molecule has 15 nitrogen and oxygen atoms in total. The van der Waals surface area contributed by atoms with Crippen LogP contribution in [0.25, 0.3) is 11.2 Å². The molecule has 4 atom stereocenters. The molecule has 0 amide bonds. The molecule has 36 heavy (non-hydrogen) atoms. The fourth-order valence-electron chi connectivity index (χ4n) is 3.61. The van der Waals surface area contributed by atoms with Gasteiger partial charge in [0.2, 0.25) is 0 Å². The van der Waals surface area contributed by atoms with E-state index in [1.165, 1.54) is 38.0 Å². The summed E-state index contributed by atoms with van der Waals surface area (Å²) in [5.74, 6) is -1.81. The van der Waals surface area contributed by atoms with Crippen LogP contribution in [0.4, 0.5) is 5.82 Å². The van der Waals surface area contributed by atoms with Crippen LogP contribution in [0, 0.1) is 0 Å². The Balaban J connectivity index is 2.01. The normalized spacial score (nSPS) is 21.8. The lowest BCUT2D eigenvalue weighted by atomic mass is 10.1. The molecule has 1 aliphatic heterocycles. The molecule has 0 aromatic carbocycles. The lowest BCUT2D eigenvalue weighted by molar-refractivity contribution is -0.166. The molecule has 16 heteroatoms. The van der Waals surface area contributed by atoms with Crippen molar-refractivity contribution in [1.29, 1.82) is 0 Å². The average molecular weight is 529 g/mol. The first kappa shape index (κ1) is 27.5. The Morgan fingerprint density at radius 2 is 1.64 bits per heavy atom. The van der Waals surface area contributed by atoms with E-state index < -0.39 is 50.2 Å². The molecule has 3 heterocycles. The van der Waals surface area contributed by atoms with E-state index in [1.54, 1.807) is 13.8 Å². The predicted octanol–water partition coefficient (Wildman–Crippen LogP) is 1.74. The highest BCUT2D eigenvalue weighted by Gasteiger charge is 2.51. The zero-order chi connectivity index (χ0) is 26.5. The second kappa shape index (κ2) is 11.7. The zero-order valence-electron chi connectivity index (χ0n) is 20.4. The Morgan fingerprint density at radius 3 is 2.22 bits per heavy atom. The summed E-state index contributed by atoms with van der Waals surface area (Å²) in [4.78, 5) is 47.7. The number of hydrogen-bond donors (Lipinski definition) is 1. The number of imidazole rings is 1. The van der Waals surface area contributed by atoms with Crippen molar-refractivity contribution in [3.05, 3.63) is 12.7 Å². The van der Waals surface area contributed by atoms with Crippen molar-refractivity contribution in [2.75, 3.05) is 24.9 Å². The predicted molar refractivity (Wildman–Crippen MR) is 121 cm³/mol. The second-order valence-electron chi connectivity index (χ2n) is 7.51. The number of nitrogens with one attached hydrogen (secondary N) is 1. The van der Waals surface area contributed by atoms with Crippen LogP contribution in [0.1, 0.15) is 40.8 Å². The maximum absolute atomic E-state index is 13.0. The maximum Gasteiger partial charge on any atom is 0.433 e. The standard InChI is InChI=1S/C20H28N5O10P/c1-6-31-36(29,32-7-2)24-18-15-19(22-9-21-18)25(10-23-15)20-17(34-13(5)28)16(33-12(4)27)14(35-20)8-30-11(3)26/h9-10,14,16-17,20H,6-8H2,1-5H3,(H,21,22,24,29)/t14-,16-,17-,20-/m1/s1. The summed E-state index contributed by atoms with van der Waals surface area (Å²) in [6.45, 7) is 6.90. The molecule has 1 fully saturated rings. The van der Waals surface area contributed by atoms with Crippen LogP contribution in [-0.2, 0) is 46.9 Å². The average Bonchev–Trinajstić information content (AvgIpc) is 3.34. The Bertz CT molecular complexity index is 1150. The number of carbonyl (C=O) groups excluding carboxylic acids is 3.